The third-order valence-electron chi connectivity index (χ3n) is 2.81. The van der Waals surface area contributed by atoms with Crippen LogP contribution in [0.25, 0.3) is 11.0 Å². The van der Waals surface area contributed by atoms with Crippen LogP contribution in [0.2, 0.25) is 0 Å². The van der Waals surface area contributed by atoms with Crippen LogP contribution in [-0.2, 0) is 6.42 Å². The fourth-order valence-corrected chi connectivity index (χ4v) is 2.95. The predicted octanol–water partition coefficient (Wildman–Crippen LogP) is 4.11. The van der Waals surface area contributed by atoms with Gasteiger partial charge in [0.2, 0.25) is 0 Å². The number of halogens is 1. The summed E-state index contributed by atoms with van der Waals surface area (Å²) in [5.74, 6) is 0. The van der Waals surface area contributed by atoms with E-state index in [-0.39, 0.29) is 0 Å². The van der Waals surface area contributed by atoms with Crippen molar-refractivity contribution < 1.29 is 0 Å². The Morgan fingerprint density at radius 1 is 1.26 bits per heavy atom. The van der Waals surface area contributed by atoms with Gasteiger partial charge in [0.05, 0.1) is 11.2 Å². The number of nitrogens with one attached hydrogen (secondary N) is 1. The van der Waals surface area contributed by atoms with Gasteiger partial charge < -0.3 is 5.32 Å². The molecule has 3 aromatic heterocycles. The highest BCUT2D eigenvalue weighted by molar-refractivity contribution is 9.10. The molecular formula is C14H12BrN3S. The summed E-state index contributed by atoms with van der Waals surface area (Å²) in [4.78, 5) is 10.1. The van der Waals surface area contributed by atoms with Crippen LogP contribution >= 0.6 is 27.3 Å². The van der Waals surface area contributed by atoms with Crippen LogP contribution in [0, 0.1) is 0 Å². The second-order valence-corrected chi connectivity index (χ2v) is 6.08. The molecule has 0 bridgehead atoms. The van der Waals surface area contributed by atoms with Gasteiger partial charge in [0.15, 0.2) is 0 Å². The Labute approximate surface area is 123 Å². The van der Waals surface area contributed by atoms with Crippen molar-refractivity contribution >= 4 is 44.0 Å². The topological polar surface area (TPSA) is 37.8 Å². The Morgan fingerprint density at radius 2 is 2.21 bits per heavy atom. The van der Waals surface area contributed by atoms with Gasteiger partial charge in [-0.05, 0) is 45.9 Å². The first-order valence-electron chi connectivity index (χ1n) is 5.99. The van der Waals surface area contributed by atoms with Gasteiger partial charge in [-0.15, -0.1) is 11.3 Å². The maximum atomic E-state index is 4.43. The lowest BCUT2D eigenvalue weighted by Crippen LogP contribution is -2.05. The molecule has 5 heteroatoms. The van der Waals surface area contributed by atoms with Crippen molar-refractivity contribution in [2.75, 3.05) is 11.9 Å². The van der Waals surface area contributed by atoms with Gasteiger partial charge in [-0.1, -0.05) is 6.07 Å². The molecule has 3 heterocycles. The summed E-state index contributed by atoms with van der Waals surface area (Å²) in [7, 11) is 0. The Bertz CT molecular complexity index is 682. The average molecular weight is 334 g/mol. The zero-order valence-corrected chi connectivity index (χ0v) is 12.5. The van der Waals surface area contributed by atoms with Gasteiger partial charge in [-0.25, -0.2) is 0 Å². The van der Waals surface area contributed by atoms with Crippen molar-refractivity contribution in [3.8, 4) is 0 Å². The van der Waals surface area contributed by atoms with Crippen LogP contribution in [0.3, 0.4) is 0 Å². The maximum absolute atomic E-state index is 4.43. The molecule has 0 unspecified atom stereocenters. The van der Waals surface area contributed by atoms with E-state index in [0.29, 0.717) is 0 Å². The van der Waals surface area contributed by atoms with E-state index in [1.807, 2.05) is 18.3 Å². The Kier molecular flexibility index (Phi) is 3.75. The molecule has 19 heavy (non-hydrogen) atoms. The Balaban J connectivity index is 1.77. The van der Waals surface area contributed by atoms with E-state index in [0.717, 1.165) is 34.2 Å². The molecule has 0 saturated heterocycles. The summed E-state index contributed by atoms with van der Waals surface area (Å²) < 4.78 is 0.947. The minimum atomic E-state index is 0.899. The minimum Gasteiger partial charge on any atom is -0.383 e. The van der Waals surface area contributed by atoms with Crippen molar-refractivity contribution in [3.05, 3.63) is 51.4 Å². The smallest absolute Gasteiger partial charge is 0.112 e. The molecule has 96 valence electrons. The molecule has 3 aromatic rings. The van der Waals surface area contributed by atoms with E-state index in [9.17, 15) is 0 Å². The van der Waals surface area contributed by atoms with Gasteiger partial charge >= 0.3 is 0 Å². The van der Waals surface area contributed by atoms with Crippen molar-refractivity contribution in [1.82, 2.24) is 9.97 Å². The van der Waals surface area contributed by atoms with Gasteiger partial charge in [-0.2, -0.15) is 0 Å². The number of hydrogen-bond acceptors (Lipinski definition) is 4. The van der Waals surface area contributed by atoms with Gasteiger partial charge in [0.1, 0.15) is 5.52 Å². The predicted molar refractivity (Wildman–Crippen MR) is 83.8 cm³/mol. The van der Waals surface area contributed by atoms with E-state index in [1.165, 1.54) is 4.88 Å². The van der Waals surface area contributed by atoms with Crippen LogP contribution in [0.4, 0.5) is 5.69 Å². The first-order chi connectivity index (χ1) is 9.33. The molecule has 0 radical (unpaired) electrons. The van der Waals surface area contributed by atoms with Gasteiger partial charge in [-0.3, -0.25) is 9.97 Å². The second kappa shape index (κ2) is 5.67. The highest BCUT2D eigenvalue weighted by Gasteiger charge is 2.03. The van der Waals surface area contributed by atoms with Crippen molar-refractivity contribution in [2.45, 2.75) is 6.42 Å². The average Bonchev–Trinajstić information content (AvgIpc) is 2.92. The third-order valence-corrected chi connectivity index (χ3v) is 4.18. The molecule has 1 N–H and O–H groups in total. The molecule has 0 aliphatic heterocycles. The largest absolute Gasteiger partial charge is 0.383 e. The lowest BCUT2D eigenvalue weighted by Gasteiger charge is -2.08. The minimum absolute atomic E-state index is 0.899. The van der Waals surface area contributed by atoms with Crippen LogP contribution in [-0.4, -0.2) is 16.5 Å². The summed E-state index contributed by atoms with van der Waals surface area (Å²) in [6.45, 7) is 0.900. The molecule has 0 saturated carbocycles. The lowest BCUT2D eigenvalue weighted by molar-refractivity contribution is 1.04. The van der Waals surface area contributed by atoms with E-state index >= 15 is 0 Å². The second-order valence-electron chi connectivity index (χ2n) is 4.14. The van der Waals surface area contributed by atoms with Gasteiger partial charge in [0, 0.05) is 28.3 Å². The number of fused-ring (bicyclic) bond motifs is 1. The fraction of sp³-hybridized carbons (Fsp3) is 0.143. The number of pyridine rings is 2. The van der Waals surface area contributed by atoms with Crippen molar-refractivity contribution in [3.63, 3.8) is 0 Å². The van der Waals surface area contributed by atoms with E-state index < -0.39 is 0 Å². The summed E-state index contributed by atoms with van der Waals surface area (Å²) in [6, 6.07) is 8.19. The lowest BCUT2D eigenvalue weighted by atomic mass is 10.2. The number of aromatic nitrogens is 2. The molecule has 0 fully saturated rings. The number of anilines is 1. The van der Waals surface area contributed by atoms with Crippen LogP contribution in [0.15, 0.2) is 46.5 Å². The standard InChI is InChI=1S/C14H12BrN3S/c15-10-8-13-14(18-9-10)12(4-6-17-13)16-5-3-11-2-1-7-19-11/h1-2,4,6-9H,3,5H2,(H,16,17). The van der Waals surface area contributed by atoms with Crippen LogP contribution < -0.4 is 5.32 Å². The van der Waals surface area contributed by atoms with Crippen molar-refractivity contribution in [2.24, 2.45) is 0 Å². The molecule has 3 nitrogen and oxygen atoms in total. The number of rotatable bonds is 4. The molecule has 0 amide bonds. The number of hydrogen-bond donors (Lipinski definition) is 1. The number of nitrogens with zero attached hydrogens (tertiary/aromatic N) is 2. The summed E-state index contributed by atoms with van der Waals surface area (Å²) in [5, 5.41) is 5.54. The van der Waals surface area contributed by atoms with E-state index in [1.54, 1.807) is 17.5 Å². The zero-order valence-electron chi connectivity index (χ0n) is 10.1. The molecule has 0 atom stereocenters. The Morgan fingerprint density at radius 3 is 3.05 bits per heavy atom. The molecule has 0 aliphatic rings. The first-order valence-corrected chi connectivity index (χ1v) is 7.67. The van der Waals surface area contributed by atoms with Gasteiger partial charge in [0.25, 0.3) is 0 Å². The summed E-state index contributed by atoms with van der Waals surface area (Å²) in [6.07, 6.45) is 4.64. The molecule has 0 aromatic carbocycles. The third kappa shape index (κ3) is 2.93. The molecular weight excluding hydrogens is 322 g/mol. The highest BCUT2D eigenvalue weighted by atomic mass is 79.9. The highest BCUT2D eigenvalue weighted by Crippen LogP contribution is 2.22. The summed E-state index contributed by atoms with van der Waals surface area (Å²) >= 11 is 5.20. The molecule has 0 spiro atoms. The number of thiophene rings is 1. The molecule has 3 rings (SSSR count). The van der Waals surface area contributed by atoms with E-state index in [4.69, 9.17) is 0 Å². The monoisotopic (exact) mass is 333 g/mol. The maximum Gasteiger partial charge on any atom is 0.112 e. The van der Waals surface area contributed by atoms with E-state index in [2.05, 4.69) is 48.7 Å². The zero-order chi connectivity index (χ0) is 13.1. The first kappa shape index (κ1) is 12.6. The fourth-order valence-electron chi connectivity index (χ4n) is 1.92. The summed E-state index contributed by atoms with van der Waals surface area (Å²) in [5.41, 5.74) is 2.85. The van der Waals surface area contributed by atoms with Crippen LogP contribution in [0.5, 0.6) is 0 Å². The SMILES string of the molecule is Brc1cnc2c(NCCc3cccs3)ccnc2c1. The normalized spacial score (nSPS) is 10.8. The van der Waals surface area contributed by atoms with Crippen molar-refractivity contribution in [1.29, 1.82) is 0 Å². The van der Waals surface area contributed by atoms with Crippen LogP contribution in [0.1, 0.15) is 4.88 Å². The molecule has 0 aliphatic carbocycles. The quantitative estimate of drug-likeness (QED) is 0.780. The Hall–Kier alpha value is -1.46.